The lowest BCUT2D eigenvalue weighted by atomic mass is 9.88. The summed E-state index contributed by atoms with van der Waals surface area (Å²) in [6.45, 7) is 6.09. The lowest BCUT2D eigenvalue weighted by Gasteiger charge is -2.20. The molecule has 0 saturated carbocycles. The van der Waals surface area contributed by atoms with Gasteiger partial charge in [-0.1, -0.05) is 44.0 Å². The molecule has 0 amide bonds. The van der Waals surface area contributed by atoms with Gasteiger partial charge in [-0.05, 0) is 29.5 Å². The van der Waals surface area contributed by atoms with Crippen molar-refractivity contribution >= 4 is 33.2 Å². The molecule has 1 aromatic carbocycles. The van der Waals surface area contributed by atoms with Crippen molar-refractivity contribution < 1.29 is 8.42 Å². The second-order valence-electron chi connectivity index (χ2n) is 5.16. The third-order valence-corrected chi connectivity index (χ3v) is 3.82. The summed E-state index contributed by atoms with van der Waals surface area (Å²) in [4.78, 5) is -0.120. The molecule has 0 aromatic heterocycles. The molecule has 0 aliphatic heterocycles. The van der Waals surface area contributed by atoms with Crippen molar-refractivity contribution in [3.8, 4) is 0 Å². The number of halogens is 2. The van der Waals surface area contributed by atoms with E-state index in [0.717, 1.165) is 0 Å². The molecule has 0 bridgehead atoms. The van der Waals surface area contributed by atoms with Gasteiger partial charge in [0.2, 0.25) is 10.0 Å². The zero-order valence-electron chi connectivity index (χ0n) is 9.92. The van der Waals surface area contributed by atoms with Crippen molar-refractivity contribution in [1.82, 2.24) is 0 Å². The average molecular weight is 296 g/mol. The topological polar surface area (TPSA) is 60.2 Å². The van der Waals surface area contributed by atoms with Gasteiger partial charge in [0.25, 0.3) is 0 Å². The normalized spacial score (nSPS) is 12.8. The van der Waals surface area contributed by atoms with E-state index >= 15 is 0 Å². The van der Waals surface area contributed by atoms with E-state index in [2.05, 4.69) is 0 Å². The van der Waals surface area contributed by atoms with Crippen molar-refractivity contribution in [2.45, 2.75) is 32.1 Å². The summed E-state index contributed by atoms with van der Waals surface area (Å²) >= 11 is 11.9. The number of hydrogen-bond acceptors (Lipinski definition) is 2. The van der Waals surface area contributed by atoms with Crippen molar-refractivity contribution in [1.29, 1.82) is 0 Å². The summed E-state index contributed by atoms with van der Waals surface area (Å²) < 4.78 is 22.7. The van der Waals surface area contributed by atoms with Crippen LogP contribution in [0, 0.1) is 5.41 Å². The Bertz CT molecular complexity index is 533. The minimum Gasteiger partial charge on any atom is -0.225 e. The zero-order chi connectivity index (χ0) is 13.4. The van der Waals surface area contributed by atoms with Gasteiger partial charge in [0, 0.05) is 5.02 Å². The van der Waals surface area contributed by atoms with Crippen LogP contribution in [0.1, 0.15) is 26.3 Å². The maximum Gasteiger partial charge on any atom is 0.239 e. The molecule has 0 unspecified atom stereocenters. The number of hydrogen-bond donors (Lipinski definition) is 1. The first-order valence-corrected chi connectivity index (χ1v) is 7.32. The Morgan fingerprint density at radius 2 is 1.76 bits per heavy atom. The first kappa shape index (κ1) is 14.8. The predicted molar refractivity (Wildman–Crippen MR) is 71.0 cm³/mol. The largest absolute Gasteiger partial charge is 0.239 e. The number of primary sulfonamides is 1. The Balaban J connectivity index is 3.40. The molecule has 0 fully saturated rings. The van der Waals surface area contributed by atoms with E-state index in [1.54, 1.807) is 6.07 Å². The van der Waals surface area contributed by atoms with Gasteiger partial charge in [0.1, 0.15) is 4.90 Å². The molecular weight excluding hydrogens is 281 g/mol. The highest BCUT2D eigenvalue weighted by Gasteiger charge is 2.20. The highest BCUT2D eigenvalue weighted by atomic mass is 35.5. The van der Waals surface area contributed by atoms with Crippen molar-refractivity contribution in [3.05, 3.63) is 27.7 Å². The summed E-state index contributed by atoms with van der Waals surface area (Å²) in [5.41, 5.74) is 0.667. The molecule has 1 aromatic rings. The quantitative estimate of drug-likeness (QED) is 0.910. The van der Waals surface area contributed by atoms with E-state index in [9.17, 15) is 8.42 Å². The van der Waals surface area contributed by atoms with Crippen LogP contribution in [0.5, 0.6) is 0 Å². The first-order valence-electron chi connectivity index (χ1n) is 5.01. The lowest BCUT2D eigenvalue weighted by Crippen LogP contribution is -2.15. The SMILES string of the molecule is CC(C)(C)Cc1cc(Cl)cc(S(N)(=O)=O)c1Cl. The highest BCUT2D eigenvalue weighted by molar-refractivity contribution is 7.89. The van der Waals surface area contributed by atoms with Crippen LogP contribution in [0.25, 0.3) is 0 Å². The van der Waals surface area contributed by atoms with Crippen LogP contribution >= 0.6 is 23.2 Å². The van der Waals surface area contributed by atoms with Crippen LogP contribution < -0.4 is 5.14 Å². The van der Waals surface area contributed by atoms with Gasteiger partial charge < -0.3 is 0 Å². The van der Waals surface area contributed by atoms with Crippen LogP contribution in [-0.4, -0.2) is 8.42 Å². The van der Waals surface area contributed by atoms with Gasteiger partial charge >= 0.3 is 0 Å². The number of nitrogens with two attached hydrogens (primary N) is 1. The Morgan fingerprint density at radius 3 is 2.18 bits per heavy atom. The molecule has 3 nitrogen and oxygen atoms in total. The maximum atomic E-state index is 11.4. The van der Waals surface area contributed by atoms with Crippen molar-refractivity contribution in [3.63, 3.8) is 0 Å². The third kappa shape index (κ3) is 4.14. The predicted octanol–water partition coefficient (Wildman–Crippen LogP) is 3.23. The van der Waals surface area contributed by atoms with Crippen LogP contribution in [-0.2, 0) is 16.4 Å². The average Bonchev–Trinajstić information content (AvgIpc) is 2.06. The summed E-state index contributed by atoms with van der Waals surface area (Å²) in [7, 11) is -3.85. The highest BCUT2D eigenvalue weighted by Crippen LogP contribution is 2.32. The van der Waals surface area contributed by atoms with Crippen LogP contribution in [0.2, 0.25) is 10.0 Å². The van der Waals surface area contributed by atoms with E-state index in [1.807, 2.05) is 20.8 Å². The Labute approximate surface area is 112 Å². The third-order valence-electron chi connectivity index (χ3n) is 2.11. The molecule has 0 aliphatic rings. The molecule has 96 valence electrons. The second-order valence-corrected chi connectivity index (χ2v) is 7.50. The summed E-state index contributed by atoms with van der Waals surface area (Å²) in [6.07, 6.45) is 0.620. The number of rotatable bonds is 2. The Hall–Kier alpha value is -0.290. The van der Waals surface area contributed by atoms with Gasteiger partial charge in [-0.2, -0.15) is 0 Å². The van der Waals surface area contributed by atoms with E-state index in [1.165, 1.54) is 6.07 Å². The van der Waals surface area contributed by atoms with Crippen LogP contribution in [0.4, 0.5) is 0 Å². The minimum atomic E-state index is -3.85. The molecule has 0 radical (unpaired) electrons. The number of sulfonamides is 1. The molecule has 6 heteroatoms. The maximum absolute atomic E-state index is 11.4. The van der Waals surface area contributed by atoms with Gasteiger partial charge in [-0.3, -0.25) is 0 Å². The molecule has 0 heterocycles. The number of benzene rings is 1. The van der Waals surface area contributed by atoms with Crippen LogP contribution in [0.3, 0.4) is 0 Å². The van der Waals surface area contributed by atoms with Crippen LogP contribution in [0.15, 0.2) is 17.0 Å². The second kappa shape index (κ2) is 4.76. The molecular formula is C11H15Cl2NO2S. The van der Waals surface area contributed by atoms with Crippen molar-refractivity contribution in [2.75, 3.05) is 0 Å². The fraction of sp³-hybridized carbons (Fsp3) is 0.455. The monoisotopic (exact) mass is 295 g/mol. The molecule has 17 heavy (non-hydrogen) atoms. The molecule has 1 rings (SSSR count). The smallest absolute Gasteiger partial charge is 0.225 e. The molecule has 0 saturated heterocycles. The first-order chi connectivity index (χ1) is 7.50. The Kier molecular flexibility index (Phi) is 4.14. The zero-order valence-corrected chi connectivity index (χ0v) is 12.2. The lowest BCUT2D eigenvalue weighted by molar-refractivity contribution is 0.411. The molecule has 0 spiro atoms. The van der Waals surface area contributed by atoms with Gasteiger partial charge in [-0.15, -0.1) is 0 Å². The van der Waals surface area contributed by atoms with Gasteiger partial charge in [-0.25, -0.2) is 13.6 Å². The summed E-state index contributed by atoms with van der Waals surface area (Å²) in [5, 5.41) is 5.56. The van der Waals surface area contributed by atoms with E-state index in [0.29, 0.717) is 17.0 Å². The standard InChI is InChI=1S/C11H15Cl2NO2S/c1-11(2,3)6-7-4-8(12)5-9(10(7)13)17(14,15)16/h4-5H,6H2,1-3H3,(H2,14,15,16). The van der Waals surface area contributed by atoms with E-state index in [-0.39, 0.29) is 15.3 Å². The van der Waals surface area contributed by atoms with Gasteiger partial charge in [0.15, 0.2) is 0 Å². The fourth-order valence-corrected chi connectivity index (χ4v) is 3.00. The molecule has 0 atom stereocenters. The minimum absolute atomic E-state index is 0.0239. The van der Waals surface area contributed by atoms with E-state index in [4.69, 9.17) is 28.3 Å². The summed E-state index contributed by atoms with van der Waals surface area (Å²) in [5.74, 6) is 0. The molecule has 2 N–H and O–H groups in total. The molecule has 0 aliphatic carbocycles. The van der Waals surface area contributed by atoms with E-state index < -0.39 is 10.0 Å². The fourth-order valence-electron chi connectivity index (χ4n) is 1.53. The Morgan fingerprint density at radius 1 is 1.24 bits per heavy atom. The van der Waals surface area contributed by atoms with Crippen molar-refractivity contribution in [2.24, 2.45) is 10.6 Å². The summed E-state index contributed by atoms with van der Waals surface area (Å²) in [6, 6.07) is 2.94. The van der Waals surface area contributed by atoms with Gasteiger partial charge in [0.05, 0.1) is 5.02 Å².